The van der Waals surface area contributed by atoms with Crippen LogP contribution in [0.5, 0.6) is 5.75 Å². The van der Waals surface area contributed by atoms with Crippen molar-refractivity contribution in [2.24, 2.45) is 0 Å². The fraction of sp³-hybridized carbons (Fsp3) is 0.333. The van der Waals surface area contributed by atoms with E-state index in [2.05, 4.69) is 20.4 Å². The molecule has 1 unspecified atom stereocenters. The highest BCUT2D eigenvalue weighted by Crippen LogP contribution is 2.40. The number of carbonyl (C=O) groups is 2. The standard InChI is InChI=1S/C27H31NO4/c1-6-14-28-24(20-10-8-19(9-11-20)17(3)4)23(26(30)27(28)31)25(29)22-13-12-21(16-18(22)5)32-15-7-2/h6,8-13,16-17,24,29H,1,7,14-15H2,2-5H3. The van der Waals surface area contributed by atoms with Crippen molar-refractivity contribution in [1.82, 2.24) is 4.90 Å². The molecule has 0 bridgehead atoms. The third-order valence-corrected chi connectivity index (χ3v) is 5.71. The van der Waals surface area contributed by atoms with E-state index in [1.54, 1.807) is 18.2 Å². The van der Waals surface area contributed by atoms with Gasteiger partial charge in [-0.25, -0.2) is 0 Å². The van der Waals surface area contributed by atoms with E-state index in [0.717, 1.165) is 23.1 Å². The van der Waals surface area contributed by atoms with Crippen LogP contribution in [0.3, 0.4) is 0 Å². The molecule has 0 saturated carbocycles. The Morgan fingerprint density at radius 3 is 2.44 bits per heavy atom. The molecule has 1 N–H and O–H groups in total. The third-order valence-electron chi connectivity index (χ3n) is 5.71. The van der Waals surface area contributed by atoms with Crippen LogP contribution in [0.4, 0.5) is 0 Å². The van der Waals surface area contributed by atoms with Gasteiger partial charge < -0.3 is 14.7 Å². The van der Waals surface area contributed by atoms with Gasteiger partial charge in [0.05, 0.1) is 18.2 Å². The molecule has 5 heteroatoms. The Hall–Kier alpha value is -3.34. The second-order valence-electron chi connectivity index (χ2n) is 8.39. The molecule has 1 amide bonds. The van der Waals surface area contributed by atoms with Gasteiger partial charge in [-0.1, -0.05) is 51.1 Å². The molecule has 0 radical (unpaired) electrons. The maximum Gasteiger partial charge on any atom is 0.295 e. The van der Waals surface area contributed by atoms with Crippen LogP contribution >= 0.6 is 0 Å². The lowest BCUT2D eigenvalue weighted by Gasteiger charge is -2.24. The SMILES string of the molecule is C=CCN1C(=O)C(=O)C(=C(O)c2ccc(OCCC)cc2C)C1c1ccc(C(C)C)cc1. The van der Waals surface area contributed by atoms with Gasteiger partial charge in [-0.3, -0.25) is 9.59 Å². The van der Waals surface area contributed by atoms with Crippen LogP contribution in [-0.4, -0.2) is 34.8 Å². The quantitative estimate of drug-likeness (QED) is 0.258. The van der Waals surface area contributed by atoms with E-state index < -0.39 is 17.7 Å². The highest BCUT2D eigenvalue weighted by atomic mass is 16.5. The van der Waals surface area contributed by atoms with Crippen LogP contribution in [0.1, 0.15) is 61.4 Å². The highest BCUT2D eigenvalue weighted by Gasteiger charge is 2.45. The molecule has 1 heterocycles. The van der Waals surface area contributed by atoms with Crippen molar-refractivity contribution >= 4 is 17.4 Å². The van der Waals surface area contributed by atoms with Gasteiger partial charge in [-0.15, -0.1) is 6.58 Å². The number of hydrogen-bond donors (Lipinski definition) is 1. The van der Waals surface area contributed by atoms with Crippen molar-refractivity contribution in [3.05, 3.63) is 82.9 Å². The van der Waals surface area contributed by atoms with Crippen molar-refractivity contribution in [2.75, 3.05) is 13.2 Å². The minimum atomic E-state index is -0.687. The van der Waals surface area contributed by atoms with E-state index >= 15 is 0 Å². The van der Waals surface area contributed by atoms with Crippen molar-refractivity contribution in [2.45, 2.75) is 46.1 Å². The van der Waals surface area contributed by atoms with Crippen LogP contribution < -0.4 is 4.74 Å². The fourth-order valence-corrected chi connectivity index (χ4v) is 3.97. The predicted octanol–water partition coefficient (Wildman–Crippen LogP) is 5.51. The first kappa shape index (κ1) is 23.3. The number of hydrogen-bond acceptors (Lipinski definition) is 4. The zero-order valence-corrected chi connectivity index (χ0v) is 19.2. The fourth-order valence-electron chi connectivity index (χ4n) is 3.97. The molecule has 3 rings (SSSR count). The Balaban J connectivity index is 2.12. The molecule has 1 aliphatic rings. The minimum Gasteiger partial charge on any atom is -0.507 e. The molecule has 1 saturated heterocycles. The summed E-state index contributed by atoms with van der Waals surface area (Å²) in [7, 11) is 0. The van der Waals surface area contributed by atoms with Crippen LogP contribution in [0, 0.1) is 6.92 Å². The molecule has 2 aromatic carbocycles. The van der Waals surface area contributed by atoms with Crippen LogP contribution in [0.2, 0.25) is 0 Å². The molecule has 0 aliphatic carbocycles. The number of likely N-dealkylation sites (tertiary alicyclic amines) is 1. The molecule has 0 aromatic heterocycles. The van der Waals surface area contributed by atoms with Crippen LogP contribution in [0.15, 0.2) is 60.7 Å². The van der Waals surface area contributed by atoms with Crippen molar-refractivity contribution < 1.29 is 19.4 Å². The van der Waals surface area contributed by atoms with Gasteiger partial charge in [-0.2, -0.15) is 0 Å². The number of aryl methyl sites for hydroxylation is 1. The number of nitrogens with zero attached hydrogens (tertiary/aromatic N) is 1. The van der Waals surface area contributed by atoms with Crippen LogP contribution in [-0.2, 0) is 9.59 Å². The zero-order valence-electron chi connectivity index (χ0n) is 19.2. The summed E-state index contributed by atoms with van der Waals surface area (Å²) in [5.74, 6) is -0.432. The summed E-state index contributed by atoms with van der Waals surface area (Å²) in [6.07, 6.45) is 2.48. The average molecular weight is 434 g/mol. The summed E-state index contributed by atoms with van der Waals surface area (Å²) >= 11 is 0. The number of Topliss-reactive ketones (excluding diaryl/α,β-unsaturated/α-hetero) is 1. The van der Waals surface area contributed by atoms with E-state index in [1.807, 2.05) is 44.2 Å². The number of amides is 1. The molecule has 0 spiro atoms. The number of aliphatic hydroxyl groups excluding tert-OH is 1. The zero-order chi connectivity index (χ0) is 23.4. The topological polar surface area (TPSA) is 66.8 Å². The molecule has 168 valence electrons. The number of benzene rings is 2. The van der Waals surface area contributed by atoms with Gasteiger partial charge in [-0.05, 0) is 54.2 Å². The third kappa shape index (κ3) is 4.47. The summed E-state index contributed by atoms with van der Waals surface area (Å²) < 4.78 is 5.67. The molecular formula is C27H31NO4. The first-order valence-corrected chi connectivity index (χ1v) is 11.0. The van der Waals surface area contributed by atoms with E-state index in [9.17, 15) is 14.7 Å². The maximum atomic E-state index is 13.0. The molecule has 32 heavy (non-hydrogen) atoms. The lowest BCUT2D eigenvalue weighted by molar-refractivity contribution is -0.139. The smallest absolute Gasteiger partial charge is 0.295 e. The summed E-state index contributed by atoms with van der Waals surface area (Å²) in [6, 6.07) is 12.5. The van der Waals surface area contributed by atoms with Gasteiger partial charge in [0.25, 0.3) is 11.7 Å². The van der Waals surface area contributed by atoms with Gasteiger partial charge in [0.2, 0.25) is 0 Å². The van der Waals surface area contributed by atoms with Crippen LogP contribution in [0.25, 0.3) is 5.76 Å². The average Bonchev–Trinajstić information content (AvgIpc) is 3.02. The van der Waals surface area contributed by atoms with Crippen molar-refractivity contribution in [3.63, 3.8) is 0 Å². The second kappa shape index (κ2) is 9.86. The van der Waals surface area contributed by atoms with Gasteiger partial charge in [0.1, 0.15) is 11.5 Å². The Morgan fingerprint density at radius 2 is 1.88 bits per heavy atom. The highest BCUT2D eigenvalue weighted by molar-refractivity contribution is 6.46. The summed E-state index contributed by atoms with van der Waals surface area (Å²) in [4.78, 5) is 27.3. The largest absolute Gasteiger partial charge is 0.507 e. The molecule has 1 aliphatic heterocycles. The monoisotopic (exact) mass is 433 g/mol. The Morgan fingerprint density at radius 1 is 1.19 bits per heavy atom. The lowest BCUT2D eigenvalue weighted by Crippen LogP contribution is -2.29. The van der Waals surface area contributed by atoms with Crippen molar-refractivity contribution in [3.8, 4) is 5.75 Å². The Kier molecular flexibility index (Phi) is 7.18. The first-order chi connectivity index (χ1) is 15.3. The molecule has 1 atom stereocenters. The normalized spacial score (nSPS) is 17.8. The summed E-state index contributed by atoms with van der Waals surface area (Å²) in [5.41, 5.74) is 3.30. The van der Waals surface area contributed by atoms with E-state index in [-0.39, 0.29) is 17.9 Å². The number of ether oxygens (including phenoxy) is 1. The molecule has 2 aromatic rings. The molecule has 1 fully saturated rings. The van der Waals surface area contributed by atoms with E-state index in [1.165, 1.54) is 4.90 Å². The molecular weight excluding hydrogens is 402 g/mol. The predicted molar refractivity (Wildman–Crippen MR) is 127 cm³/mol. The van der Waals surface area contributed by atoms with Crippen molar-refractivity contribution in [1.29, 1.82) is 0 Å². The maximum absolute atomic E-state index is 13.0. The summed E-state index contributed by atoms with van der Waals surface area (Å²) in [5, 5.41) is 11.2. The number of carbonyl (C=O) groups excluding carboxylic acids is 2. The lowest BCUT2D eigenvalue weighted by atomic mass is 9.92. The van der Waals surface area contributed by atoms with Gasteiger partial charge >= 0.3 is 0 Å². The van der Waals surface area contributed by atoms with E-state index in [4.69, 9.17) is 4.74 Å². The van der Waals surface area contributed by atoms with Gasteiger partial charge in [0, 0.05) is 12.1 Å². The number of ketones is 1. The Labute approximate surface area is 190 Å². The first-order valence-electron chi connectivity index (χ1n) is 11.0. The second-order valence-corrected chi connectivity index (χ2v) is 8.39. The number of aliphatic hydroxyl groups is 1. The van der Waals surface area contributed by atoms with Gasteiger partial charge in [0.15, 0.2) is 0 Å². The summed E-state index contributed by atoms with van der Waals surface area (Å²) in [6.45, 7) is 12.6. The van der Waals surface area contributed by atoms with E-state index in [0.29, 0.717) is 23.8 Å². The number of rotatable bonds is 8. The minimum absolute atomic E-state index is 0.0967. The Bertz CT molecular complexity index is 1050. The molecule has 5 nitrogen and oxygen atoms in total.